The molecule has 9 nitrogen and oxygen atoms in total. The molecule has 1 aliphatic rings. The first-order chi connectivity index (χ1) is 14.1. The average Bonchev–Trinajstić information content (AvgIpc) is 2.99. The highest BCUT2D eigenvalue weighted by Crippen LogP contribution is 2.31. The summed E-state index contributed by atoms with van der Waals surface area (Å²) >= 11 is 0. The maximum atomic E-state index is 12.5. The standard InChI is InChI=1S/C21H28O9/c1-5-8-18(24)26-11-15(23)19-17(29-21(3,4)30-19)12-27-20(25)14-9-6-7-10-16(14)28-13(2)22/h6-7,9-10,15,17,19,23H,5,8,11-12H2,1-4H3. The van der Waals surface area contributed by atoms with Crippen molar-refractivity contribution in [1.29, 1.82) is 0 Å². The van der Waals surface area contributed by atoms with E-state index in [0.717, 1.165) is 0 Å². The fourth-order valence-corrected chi connectivity index (χ4v) is 2.98. The molecule has 166 valence electrons. The van der Waals surface area contributed by atoms with Crippen molar-refractivity contribution in [1.82, 2.24) is 0 Å². The molecule has 1 N–H and O–H groups in total. The zero-order valence-electron chi connectivity index (χ0n) is 17.6. The summed E-state index contributed by atoms with van der Waals surface area (Å²) in [6, 6.07) is 6.18. The Hall–Kier alpha value is -2.49. The second-order valence-electron chi connectivity index (χ2n) is 7.33. The van der Waals surface area contributed by atoms with Gasteiger partial charge in [-0.15, -0.1) is 0 Å². The van der Waals surface area contributed by atoms with E-state index < -0.39 is 42.0 Å². The van der Waals surface area contributed by atoms with Crippen LogP contribution in [0, 0.1) is 0 Å². The van der Waals surface area contributed by atoms with Gasteiger partial charge in [0.05, 0.1) is 0 Å². The Morgan fingerprint density at radius 2 is 1.87 bits per heavy atom. The average molecular weight is 424 g/mol. The Morgan fingerprint density at radius 1 is 1.17 bits per heavy atom. The van der Waals surface area contributed by atoms with Crippen molar-refractivity contribution >= 4 is 17.9 Å². The summed E-state index contributed by atoms with van der Waals surface area (Å²) < 4.78 is 26.8. The molecule has 1 aliphatic heterocycles. The van der Waals surface area contributed by atoms with Crippen LogP contribution >= 0.6 is 0 Å². The van der Waals surface area contributed by atoms with E-state index in [1.165, 1.54) is 19.1 Å². The molecule has 3 unspecified atom stereocenters. The van der Waals surface area contributed by atoms with Crippen molar-refractivity contribution < 1.29 is 43.2 Å². The lowest BCUT2D eigenvalue weighted by Gasteiger charge is -2.22. The van der Waals surface area contributed by atoms with E-state index in [9.17, 15) is 19.5 Å². The highest BCUT2D eigenvalue weighted by atomic mass is 16.8. The highest BCUT2D eigenvalue weighted by molar-refractivity contribution is 5.93. The molecule has 0 bridgehead atoms. The van der Waals surface area contributed by atoms with Gasteiger partial charge in [0.1, 0.15) is 42.8 Å². The number of aliphatic hydroxyl groups is 1. The minimum absolute atomic E-state index is 0.0801. The second-order valence-corrected chi connectivity index (χ2v) is 7.33. The van der Waals surface area contributed by atoms with Crippen LogP contribution in [0.2, 0.25) is 0 Å². The molecule has 2 rings (SSSR count). The van der Waals surface area contributed by atoms with Crippen LogP contribution in [0.3, 0.4) is 0 Å². The molecule has 3 atom stereocenters. The van der Waals surface area contributed by atoms with Crippen LogP contribution in [0.1, 0.15) is 50.9 Å². The number of benzene rings is 1. The summed E-state index contributed by atoms with van der Waals surface area (Å²) in [6.45, 7) is 5.91. The van der Waals surface area contributed by atoms with Crippen LogP contribution in [-0.4, -0.2) is 60.3 Å². The van der Waals surface area contributed by atoms with Crippen molar-refractivity contribution in [2.24, 2.45) is 0 Å². The van der Waals surface area contributed by atoms with E-state index in [4.69, 9.17) is 23.7 Å². The minimum Gasteiger partial charge on any atom is -0.463 e. The number of esters is 3. The van der Waals surface area contributed by atoms with Crippen LogP contribution in [0.5, 0.6) is 5.75 Å². The molecule has 0 spiro atoms. The lowest BCUT2D eigenvalue weighted by molar-refractivity contribution is -0.164. The predicted octanol–water partition coefficient (Wildman–Crippen LogP) is 1.99. The number of hydrogen-bond donors (Lipinski definition) is 1. The number of ether oxygens (including phenoxy) is 5. The third-order valence-electron chi connectivity index (χ3n) is 4.21. The van der Waals surface area contributed by atoms with Gasteiger partial charge in [-0.05, 0) is 32.4 Å². The summed E-state index contributed by atoms with van der Waals surface area (Å²) in [6.07, 6.45) is -1.93. The van der Waals surface area contributed by atoms with Crippen molar-refractivity contribution in [3.8, 4) is 5.75 Å². The molecular formula is C21H28O9. The first-order valence-corrected chi connectivity index (χ1v) is 9.77. The van der Waals surface area contributed by atoms with Gasteiger partial charge in [0.25, 0.3) is 0 Å². The van der Waals surface area contributed by atoms with Crippen molar-refractivity contribution in [2.75, 3.05) is 13.2 Å². The van der Waals surface area contributed by atoms with Gasteiger partial charge in [-0.25, -0.2) is 4.79 Å². The van der Waals surface area contributed by atoms with Crippen LogP contribution in [0.25, 0.3) is 0 Å². The van der Waals surface area contributed by atoms with E-state index in [-0.39, 0.29) is 30.9 Å². The van der Waals surface area contributed by atoms with Gasteiger partial charge < -0.3 is 28.8 Å². The number of para-hydroxylation sites is 1. The third kappa shape index (κ3) is 6.79. The normalized spacial score (nSPS) is 21.0. The summed E-state index contributed by atoms with van der Waals surface area (Å²) in [7, 11) is 0. The molecule has 0 amide bonds. The van der Waals surface area contributed by atoms with E-state index >= 15 is 0 Å². The van der Waals surface area contributed by atoms with Crippen LogP contribution < -0.4 is 4.74 Å². The molecule has 1 aromatic rings. The SMILES string of the molecule is CCCC(=O)OCC(O)C1OC(C)(C)OC1COC(=O)c1ccccc1OC(C)=O. The predicted molar refractivity (Wildman–Crippen MR) is 104 cm³/mol. The topological polar surface area (TPSA) is 118 Å². The maximum absolute atomic E-state index is 12.5. The van der Waals surface area contributed by atoms with Crippen molar-refractivity contribution in [2.45, 2.75) is 64.6 Å². The molecule has 1 saturated heterocycles. The van der Waals surface area contributed by atoms with Crippen molar-refractivity contribution in [3.63, 3.8) is 0 Å². The smallest absolute Gasteiger partial charge is 0.342 e. The lowest BCUT2D eigenvalue weighted by atomic mass is 10.1. The largest absolute Gasteiger partial charge is 0.463 e. The molecule has 1 heterocycles. The third-order valence-corrected chi connectivity index (χ3v) is 4.21. The van der Waals surface area contributed by atoms with Crippen LogP contribution in [-0.2, 0) is 28.5 Å². The fourth-order valence-electron chi connectivity index (χ4n) is 2.98. The van der Waals surface area contributed by atoms with Crippen LogP contribution in [0.15, 0.2) is 24.3 Å². The van der Waals surface area contributed by atoms with Crippen molar-refractivity contribution in [3.05, 3.63) is 29.8 Å². The number of hydrogen-bond acceptors (Lipinski definition) is 9. The Balaban J connectivity index is 2.00. The van der Waals surface area contributed by atoms with Gasteiger partial charge >= 0.3 is 17.9 Å². The Kier molecular flexibility index (Phi) is 8.33. The van der Waals surface area contributed by atoms with E-state index in [0.29, 0.717) is 6.42 Å². The molecule has 30 heavy (non-hydrogen) atoms. The quantitative estimate of drug-likeness (QED) is 0.469. The second kappa shape index (κ2) is 10.5. The highest BCUT2D eigenvalue weighted by Gasteiger charge is 2.45. The molecule has 1 aromatic carbocycles. The van der Waals surface area contributed by atoms with E-state index in [1.807, 2.05) is 6.92 Å². The number of rotatable bonds is 9. The van der Waals surface area contributed by atoms with E-state index in [1.54, 1.807) is 26.0 Å². The Morgan fingerprint density at radius 3 is 2.53 bits per heavy atom. The zero-order chi connectivity index (χ0) is 22.3. The van der Waals surface area contributed by atoms with Gasteiger partial charge in [0.2, 0.25) is 0 Å². The maximum Gasteiger partial charge on any atom is 0.342 e. The Bertz CT molecular complexity index is 759. The van der Waals surface area contributed by atoms with Gasteiger partial charge in [0.15, 0.2) is 5.79 Å². The Labute approximate surface area is 175 Å². The first-order valence-electron chi connectivity index (χ1n) is 9.77. The molecular weight excluding hydrogens is 396 g/mol. The zero-order valence-corrected chi connectivity index (χ0v) is 17.6. The minimum atomic E-state index is -1.16. The molecule has 0 radical (unpaired) electrons. The fraction of sp³-hybridized carbons (Fsp3) is 0.571. The molecule has 0 aromatic heterocycles. The monoisotopic (exact) mass is 424 g/mol. The number of carbonyl (C=O) groups is 3. The summed E-state index contributed by atoms with van der Waals surface area (Å²) in [5.74, 6) is -2.64. The molecule has 0 saturated carbocycles. The van der Waals surface area contributed by atoms with Gasteiger partial charge in [-0.2, -0.15) is 0 Å². The summed E-state index contributed by atoms with van der Waals surface area (Å²) in [5, 5.41) is 10.4. The molecule has 1 fully saturated rings. The lowest BCUT2D eigenvalue weighted by Crippen LogP contribution is -2.41. The summed E-state index contributed by atoms with van der Waals surface area (Å²) in [4.78, 5) is 35.2. The number of carbonyl (C=O) groups excluding carboxylic acids is 3. The van der Waals surface area contributed by atoms with Gasteiger partial charge in [-0.3, -0.25) is 9.59 Å². The van der Waals surface area contributed by atoms with Gasteiger partial charge in [0, 0.05) is 13.3 Å². The van der Waals surface area contributed by atoms with Crippen LogP contribution in [0.4, 0.5) is 0 Å². The first kappa shape index (κ1) is 23.8. The number of aliphatic hydroxyl groups excluding tert-OH is 1. The van der Waals surface area contributed by atoms with Gasteiger partial charge in [-0.1, -0.05) is 19.1 Å². The summed E-state index contributed by atoms with van der Waals surface area (Å²) in [5.41, 5.74) is 0.0801. The molecule has 9 heteroatoms. The molecule has 0 aliphatic carbocycles. The van der Waals surface area contributed by atoms with E-state index in [2.05, 4.69) is 0 Å².